The predicted molar refractivity (Wildman–Crippen MR) is 78.0 cm³/mol. The fourth-order valence-corrected chi connectivity index (χ4v) is 2.20. The summed E-state index contributed by atoms with van der Waals surface area (Å²) >= 11 is 0. The quantitative estimate of drug-likeness (QED) is 0.908. The zero-order valence-electron chi connectivity index (χ0n) is 11.8. The maximum absolute atomic E-state index is 13.4. The van der Waals surface area contributed by atoms with Gasteiger partial charge in [-0.25, -0.2) is 4.39 Å². The fraction of sp³-hybridized carbons (Fsp3) is 0.312. The van der Waals surface area contributed by atoms with E-state index < -0.39 is 6.10 Å². The van der Waals surface area contributed by atoms with E-state index in [-0.39, 0.29) is 5.82 Å². The molecule has 0 bridgehead atoms. The van der Waals surface area contributed by atoms with E-state index in [4.69, 9.17) is 0 Å². The Balaban J connectivity index is 2.32. The van der Waals surface area contributed by atoms with Gasteiger partial charge in [0.15, 0.2) is 0 Å². The highest BCUT2D eigenvalue weighted by Gasteiger charge is 2.15. The number of hydrogen-bond acceptors (Lipinski definition) is 3. The standard InChI is InChI=1S/C16H19FN2O/c1-3-19(11-14-6-4-5-9-18-14)16-8-7-13(17)10-15(16)12(2)20/h4-10,12,20H,3,11H2,1-2H3/t12-/m0/s1. The van der Waals surface area contributed by atoms with Crippen LogP contribution in [0.2, 0.25) is 0 Å². The van der Waals surface area contributed by atoms with E-state index in [9.17, 15) is 9.50 Å². The van der Waals surface area contributed by atoms with Gasteiger partial charge in [0.1, 0.15) is 5.82 Å². The third kappa shape index (κ3) is 3.33. The summed E-state index contributed by atoms with van der Waals surface area (Å²) in [5, 5.41) is 9.83. The number of hydrogen-bond donors (Lipinski definition) is 1. The highest BCUT2D eigenvalue weighted by atomic mass is 19.1. The van der Waals surface area contributed by atoms with Gasteiger partial charge in [-0.05, 0) is 44.2 Å². The molecule has 0 aliphatic rings. The van der Waals surface area contributed by atoms with E-state index in [2.05, 4.69) is 9.88 Å². The normalized spacial score (nSPS) is 12.2. The van der Waals surface area contributed by atoms with Gasteiger partial charge in [0.05, 0.1) is 18.3 Å². The van der Waals surface area contributed by atoms with Crippen LogP contribution in [0.1, 0.15) is 31.2 Å². The number of anilines is 1. The molecule has 0 aliphatic heterocycles. The van der Waals surface area contributed by atoms with Crippen molar-refractivity contribution in [2.75, 3.05) is 11.4 Å². The first-order valence-corrected chi connectivity index (χ1v) is 6.74. The minimum Gasteiger partial charge on any atom is -0.389 e. The average Bonchev–Trinajstić information content (AvgIpc) is 2.46. The maximum atomic E-state index is 13.4. The molecule has 1 aromatic carbocycles. The molecule has 20 heavy (non-hydrogen) atoms. The van der Waals surface area contributed by atoms with Gasteiger partial charge >= 0.3 is 0 Å². The van der Waals surface area contributed by atoms with Crippen LogP contribution in [0.3, 0.4) is 0 Å². The van der Waals surface area contributed by atoms with Crippen molar-refractivity contribution >= 4 is 5.69 Å². The van der Waals surface area contributed by atoms with Gasteiger partial charge in [0.2, 0.25) is 0 Å². The molecule has 0 radical (unpaired) electrons. The van der Waals surface area contributed by atoms with Gasteiger partial charge in [-0.1, -0.05) is 6.07 Å². The van der Waals surface area contributed by atoms with Crippen molar-refractivity contribution in [1.29, 1.82) is 0 Å². The molecule has 2 aromatic rings. The lowest BCUT2D eigenvalue weighted by molar-refractivity contribution is 0.199. The first-order valence-electron chi connectivity index (χ1n) is 6.74. The topological polar surface area (TPSA) is 36.4 Å². The molecule has 0 aliphatic carbocycles. The maximum Gasteiger partial charge on any atom is 0.123 e. The Kier molecular flexibility index (Phi) is 4.69. The van der Waals surface area contributed by atoms with Crippen LogP contribution >= 0.6 is 0 Å². The summed E-state index contributed by atoms with van der Waals surface area (Å²) < 4.78 is 13.4. The van der Waals surface area contributed by atoms with Gasteiger partial charge in [-0.3, -0.25) is 4.98 Å². The van der Waals surface area contributed by atoms with Crippen molar-refractivity contribution in [3.8, 4) is 0 Å². The van der Waals surface area contributed by atoms with Crippen LogP contribution < -0.4 is 4.90 Å². The summed E-state index contributed by atoms with van der Waals surface area (Å²) in [6.45, 7) is 5.05. The van der Waals surface area contributed by atoms with Crippen LogP contribution in [0.5, 0.6) is 0 Å². The zero-order chi connectivity index (χ0) is 14.5. The smallest absolute Gasteiger partial charge is 0.123 e. The number of halogens is 1. The van der Waals surface area contributed by atoms with Crippen molar-refractivity contribution in [2.24, 2.45) is 0 Å². The molecule has 1 aromatic heterocycles. The van der Waals surface area contributed by atoms with E-state index in [1.54, 1.807) is 19.2 Å². The highest BCUT2D eigenvalue weighted by molar-refractivity contribution is 5.54. The van der Waals surface area contributed by atoms with Crippen molar-refractivity contribution in [1.82, 2.24) is 4.98 Å². The molecule has 0 spiro atoms. The molecule has 0 saturated carbocycles. The van der Waals surface area contributed by atoms with Gasteiger partial charge in [-0.2, -0.15) is 0 Å². The first kappa shape index (κ1) is 14.5. The van der Waals surface area contributed by atoms with Crippen LogP contribution in [-0.4, -0.2) is 16.6 Å². The lowest BCUT2D eigenvalue weighted by Crippen LogP contribution is -2.24. The SMILES string of the molecule is CCN(Cc1ccccn1)c1ccc(F)cc1[C@H](C)O. The van der Waals surface area contributed by atoms with Crippen LogP contribution in [0, 0.1) is 5.82 Å². The molecule has 4 heteroatoms. The summed E-state index contributed by atoms with van der Waals surface area (Å²) in [6, 6.07) is 10.3. The second-order valence-electron chi connectivity index (χ2n) is 4.71. The Morgan fingerprint density at radius 1 is 1.30 bits per heavy atom. The molecular weight excluding hydrogens is 255 g/mol. The van der Waals surface area contributed by atoms with E-state index in [1.165, 1.54) is 12.1 Å². The first-order chi connectivity index (χ1) is 9.61. The van der Waals surface area contributed by atoms with Gasteiger partial charge in [-0.15, -0.1) is 0 Å². The highest BCUT2D eigenvalue weighted by Crippen LogP contribution is 2.28. The minimum atomic E-state index is -0.710. The molecule has 106 valence electrons. The third-order valence-electron chi connectivity index (χ3n) is 3.24. The predicted octanol–water partition coefficient (Wildman–Crippen LogP) is 3.30. The van der Waals surface area contributed by atoms with E-state index in [1.807, 2.05) is 25.1 Å². The monoisotopic (exact) mass is 274 g/mol. The number of rotatable bonds is 5. The molecule has 2 rings (SSSR count). The van der Waals surface area contributed by atoms with Crippen LogP contribution in [0.25, 0.3) is 0 Å². The Morgan fingerprint density at radius 2 is 2.10 bits per heavy atom. The fourth-order valence-electron chi connectivity index (χ4n) is 2.20. The van der Waals surface area contributed by atoms with Gasteiger partial charge in [0, 0.05) is 24.0 Å². The number of pyridine rings is 1. The zero-order valence-corrected chi connectivity index (χ0v) is 11.8. The Bertz CT molecular complexity index is 558. The van der Waals surface area contributed by atoms with Gasteiger partial charge < -0.3 is 10.0 Å². The van der Waals surface area contributed by atoms with Crippen molar-refractivity contribution in [3.63, 3.8) is 0 Å². The van der Waals surface area contributed by atoms with Crippen LogP contribution in [-0.2, 0) is 6.54 Å². The largest absolute Gasteiger partial charge is 0.389 e. The van der Waals surface area contributed by atoms with E-state index in [0.717, 1.165) is 17.9 Å². The minimum absolute atomic E-state index is 0.335. The Hall–Kier alpha value is -1.94. The van der Waals surface area contributed by atoms with E-state index >= 15 is 0 Å². The molecule has 0 fully saturated rings. The second-order valence-corrected chi connectivity index (χ2v) is 4.71. The summed E-state index contributed by atoms with van der Waals surface area (Å²) in [5.74, 6) is -0.335. The summed E-state index contributed by atoms with van der Waals surface area (Å²) in [5.41, 5.74) is 2.38. The Morgan fingerprint density at radius 3 is 2.70 bits per heavy atom. The molecule has 1 heterocycles. The lowest BCUT2D eigenvalue weighted by atomic mass is 10.1. The van der Waals surface area contributed by atoms with Crippen molar-refractivity contribution in [3.05, 3.63) is 59.7 Å². The third-order valence-corrected chi connectivity index (χ3v) is 3.24. The molecular formula is C16H19FN2O. The Labute approximate surface area is 118 Å². The van der Waals surface area contributed by atoms with Gasteiger partial charge in [0.25, 0.3) is 0 Å². The molecule has 3 nitrogen and oxygen atoms in total. The summed E-state index contributed by atoms with van der Waals surface area (Å²) in [7, 11) is 0. The number of aliphatic hydroxyl groups excluding tert-OH is 1. The summed E-state index contributed by atoms with van der Waals surface area (Å²) in [4.78, 5) is 6.38. The molecule has 1 N–H and O–H groups in total. The number of aliphatic hydroxyl groups is 1. The van der Waals surface area contributed by atoms with Crippen LogP contribution in [0.4, 0.5) is 10.1 Å². The van der Waals surface area contributed by atoms with Crippen molar-refractivity contribution in [2.45, 2.75) is 26.5 Å². The van der Waals surface area contributed by atoms with E-state index in [0.29, 0.717) is 12.1 Å². The number of nitrogens with zero attached hydrogens (tertiary/aromatic N) is 2. The lowest BCUT2D eigenvalue weighted by Gasteiger charge is -2.26. The number of aromatic nitrogens is 1. The molecule has 0 amide bonds. The number of benzene rings is 1. The molecule has 0 saturated heterocycles. The summed E-state index contributed by atoms with van der Waals surface area (Å²) in [6.07, 6.45) is 1.04. The van der Waals surface area contributed by atoms with Crippen molar-refractivity contribution < 1.29 is 9.50 Å². The molecule has 1 atom stereocenters. The second kappa shape index (κ2) is 6.48. The molecule has 0 unspecified atom stereocenters. The van der Waals surface area contributed by atoms with Crippen LogP contribution in [0.15, 0.2) is 42.6 Å². The average molecular weight is 274 g/mol.